The van der Waals surface area contributed by atoms with Gasteiger partial charge in [0.2, 0.25) is 0 Å². The summed E-state index contributed by atoms with van der Waals surface area (Å²) in [7, 11) is 1.95. The van der Waals surface area contributed by atoms with Gasteiger partial charge in [-0.25, -0.2) is 15.0 Å². The van der Waals surface area contributed by atoms with Crippen LogP contribution in [0.25, 0.3) is 0 Å². The van der Waals surface area contributed by atoms with Gasteiger partial charge in [-0.1, -0.05) is 0 Å². The minimum Gasteiger partial charge on any atom is -0.311 e. The van der Waals surface area contributed by atoms with Gasteiger partial charge in [-0.3, -0.25) is 0 Å². The largest absolute Gasteiger partial charge is 0.311 e. The molecule has 0 spiro atoms. The van der Waals surface area contributed by atoms with Crippen LogP contribution in [0.1, 0.15) is 33.1 Å². The Bertz CT molecular complexity index is 516. The van der Waals surface area contributed by atoms with Crippen LogP contribution >= 0.6 is 11.3 Å². The third-order valence-electron chi connectivity index (χ3n) is 2.95. The number of nitrogens with zero attached hydrogens (tertiary/aromatic N) is 3. The number of rotatable bonds is 4. The Morgan fingerprint density at radius 2 is 2.06 bits per heavy atom. The Morgan fingerprint density at radius 3 is 2.61 bits per heavy atom. The van der Waals surface area contributed by atoms with Gasteiger partial charge >= 0.3 is 0 Å². The molecule has 5 heteroatoms. The Morgan fingerprint density at radius 1 is 1.28 bits per heavy atom. The van der Waals surface area contributed by atoms with Gasteiger partial charge in [0.15, 0.2) is 0 Å². The highest BCUT2D eigenvalue weighted by Crippen LogP contribution is 2.22. The van der Waals surface area contributed by atoms with Crippen molar-refractivity contribution in [2.75, 3.05) is 7.05 Å². The second kappa shape index (κ2) is 5.54. The van der Waals surface area contributed by atoms with Crippen LogP contribution in [-0.2, 0) is 6.42 Å². The molecule has 0 aliphatic heterocycles. The molecule has 0 aliphatic rings. The summed E-state index contributed by atoms with van der Waals surface area (Å²) in [4.78, 5) is 14.5. The van der Waals surface area contributed by atoms with Crippen LogP contribution in [0.3, 0.4) is 0 Å². The van der Waals surface area contributed by atoms with E-state index in [1.54, 1.807) is 17.5 Å². The highest BCUT2D eigenvalue weighted by atomic mass is 32.1. The summed E-state index contributed by atoms with van der Waals surface area (Å²) in [5.41, 5.74) is 2.15. The number of likely N-dealkylation sites (N-methyl/N-ethyl adjacent to an activating group) is 1. The fourth-order valence-electron chi connectivity index (χ4n) is 1.82. The van der Waals surface area contributed by atoms with Crippen LogP contribution in [0.5, 0.6) is 0 Å². The number of nitrogens with one attached hydrogen (secondary N) is 1. The predicted octanol–water partition coefficient (Wildman–Crippen LogP) is 2.36. The van der Waals surface area contributed by atoms with Crippen molar-refractivity contribution >= 4 is 11.3 Å². The van der Waals surface area contributed by atoms with Gasteiger partial charge in [-0.05, 0) is 33.9 Å². The van der Waals surface area contributed by atoms with Crippen LogP contribution in [0.15, 0.2) is 12.3 Å². The van der Waals surface area contributed by atoms with Crippen LogP contribution in [0, 0.1) is 20.8 Å². The number of aryl methyl sites for hydroxylation is 3. The summed E-state index contributed by atoms with van der Waals surface area (Å²) in [5, 5.41) is 4.45. The number of hydrogen-bond acceptors (Lipinski definition) is 5. The molecule has 2 aromatic heterocycles. The van der Waals surface area contributed by atoms with Crippen molar-refractivity contribution in [2.24, 2.45) is 0 Å². The molecule has 0 aliphatic carbocycles. The van der Waals surface area contributed by atoms with E-state index in [0.29, 0.717) is 0 Å². The second-order valence-electron chi connectivity index (χ2n) is 4.32. The minimum absolute atomic E-state index is 0.191. The van der Waals surface area contributed by atoms with E-state index in [2.05, 4.69) is 34.1 Å². The molecular formula is C13H18N4S. The van der Waals surface area contributed by atoms with Crippen LogP contribution in [0.4, 0.5) is 0 Å². The van der Waals surface area contributed by atoms with Crippen LogP contribution < -0.4 is 5.32 Å². The van der Waals surface area contributed by atoms with E-state index in [0.717, 1.165) is 28.6 Å². The van der Waals surface area contributed by atoms with Gasteiger partial charge < -0.3 is 5.32 Å². The lowest BCUT2D eigenvalue weighted by Gasteiger charge is -2.14. The summed E-state index contributed by atoms with van der Waals surface area (Å²) in [6.45, 7) is 6.08. The third kappa shape index (κ3) is 2.91. The normalized spacial score (nSPS) is 12.7. The Hall–Kier alpha value is -1.33. The molecule has 2 aromatic rings. The SMILES string of the molecule is CNC(Cc1nc(C)c(C)s1)c1ccnc(C)n1. The molecule has 2 heterocycles. The van der Waals surface area contributed by atoms with Crippen molar-refractivity contribution in [1.82, 2.24) is 20.3 Å². The fourth-order valence-corrected chi connectivity index (χ4v) is 2.80. The molecule has 1 atom stereocenters. The Kier molecular flexibility index (Phi) is 4.04. The molecule has 0 saturated carbocycles. The first-order chi connectivity index (χ1) is 8.60. The van der Waals surface area contributed by atoms with Gasteiger partial charge in [0, 0.05) is 17.5 Å². The average molecular weight is 262 g/mol. The number of thiazole rings is 1. The first-order valence-electron chi connectivity index (χ1n) is 6.00. The molecule has 1 N–H and O–H groups in total. The monoisotopic (exact) mass is 262 g/mol. The van der Waals surface area contributed by atoms with Gasteiger partial charge in [0.05, 0.1) is 22.4 Å². The van der Waals surface area contributed by atoms with E-state index < -0.39 is 0 Å². The van der Waals surface area contributed by atoms with Crippen molar-refractivity contribution < 1.29 is 0 Å². The van der Waals surface area contributed by atoms with Crippen molar-refractivity contribution in [3.63, 3.8) is 0 Å². The van der Waals surface area contributed by atoms with Crippen molar-refractivity contribution in [1.29, 1.82) is 0 Å². The molecule has 0 radical (unpaired) electrons. The molecule has 96 valence electrons. The van der Waals surface area contributed by atoms with E-state index in [-0.39, 0.29) is 6.04 Å². The van der Waals surface area contributed by atoms with E-state index in [4.69, 9.17) is 0 Å². The van der Waals surface area contributed by atoms with Crippen LogP contribution in [0.2, 0.25) is 0 Å². The molecule has 0 amide bonds. The maximum atomic E-state index is 4.58. The summed E-state index contributed by atoms with van der Waals surface area (Å²) < 4.78 is 0. The zero-order valence-corrected chi connectivity index (χ0v) is 12.0. The van der Waals surface area contributed by atoms with E-state index in [9.17, 15) is 0 Å². The minimum atomic E-state index is 0.191. The molecule has 0 saturated heterocycles. The summed E-state index contributed by atoms with van der Waals surface area (Å²) in [5.74, 6) is 0.805. The highest BCUT2D eigenvalue weighted by molar-refractivity contribution is 7.11. The summed E-state index contributed by atoms with van der Waals surface area (Å²) in [6, 6.07) is 2.15. The molecule has 1 unspecified atom stereocenters. The van der Waals surface area contributed by atoms with Gasteiger partial charge in [0.1, 0.15) is 5.82 Å². The zero-order chi connectivity index (χ0) is 13.1. The molecule has 2 rings (SSSR count). The number of aromatic nitrogens is 3. The third-order valence-corrected chi connectivity index (χ3v) is 4.05. The van der Waals surface area contributed by atoms with Gasteiger partial charge in [-0.15, -0.1) is 11.3 Å². The van der Waals surface area contributed by atoms with Gasteiger partial charge in [-0.2, -0.15) is 0 Å². The maximum absolute atomic E-state index is 4.58. The molecule has 0 bridgehead atoms. The van der Waals surface area contributed by atoms with Crippen molar-refractivity contribution in [3.8, 4) is 0 Å². The van der Waals surface area contributed by atoms with E-state index in [1.165, 1.54) is 4.88 Å². The summed E-state index contributed by atoms with van der Waals surface area (Å²) in [6.07, 6.45) is 2.67. The molecule has 4 nitrogen and oxygen atoms in total. The lowest BCUT2D eigenvalue weighted by Crippen LogP contribution is -2.20. The molecule has 18 heavy (non-hydrogen) atoms. The second-order valence-corrected chi connectivity index (χ2v) is 5.61. The first kappa shape index (κ1) is 13.1. The van der Waals surface area contributed by atoms with Gasteiger partial charge in [0.25, 0.3) is 0 Å². The Balaban J connectivity index is 2.19. The van der Waals surface area contributed by atoms with Crippen molar-refractivity contribution in [3.05, 3.63) is 39.4 Å². The topological polar surface area (TPSA) is 50.7 Å². The quantitative estimate of drug-likeness (QED) is 0.919. The lowest BCUT2D eigenvalue weighted by molar-refractivity contribution is 0.570. The summed E-state index contributed by atoms with van der Waals surface area (Å²) >= 11 is 1.76. The smallest absolute Gasteiger partial charge is 0.125 e. The van der Waals surface area contributed by atoms with Crippen LogP contribution in [-0.4, -0.2) is 22.0 Å². The molecule has 0 aromatic carbocycles. The standard InChI is InChI=1S/C13H18N4S/c1-8-9(2)18-13(16-8)7-12(14-4)11-5-6-15-10(3)17-11/h5-6,12,14H,7H2,1-4H3. The Labute approximate surface area is 112 Å². The maximum Gasteiger partial charge on any atom is 0.125 e. The zero-order valence-electron chi connectivity index (χ0n) is 11.2. The molecule has 0 fully saturated rings. The lowest BCUT2D eigenvalue weighted by atomic mass is 10.1. The fraction of sp³-hybridized carbons (Fsp3) is 0.462. The van der Waals surface area contributed by atoms with E-state index >= 15 is 0 Å². The highest BCUT2D eigenvalue weighted by Gasteiger charge is 2.14. The number of hydrogen-bond donors (Lipinski definition) is 1. The average Bonchev–Trinajstić information content (AvgIpc) is 2.65. The molecular weight excluding hydrogens is 244 g/mol. The van der Waals surface area contributed by atoms with Crippen molar-refractivity contribution in [2.45, 2.75) is 33.2 Å². The van der Waals surface area contributed by atoms with E-state index in [1.807, 2.05) is 20.0 Å². The predicted molar refractivity (Wildman–Crippen MR) is 73.9 cm³/mol. The first-order valence-corrected chi connectivity index (χ1v) is 6.81.